The van der Waals surface area contributed by atoms with Crippen LogP contribution in [-0.4, -0.2) is 6.21 Å². The molecule has 0 amide bonds. The zero-order valence-corrected chi connectivity index (χ0v) is 26.0. The molecule has 4 unspecified atom stereocenters. The third kappa shape index (κ3) is 3.93. The van der Waals surface area contributed by atoms with Crippen LogP contribution in [0.2, 0.25) is 0 Å². The summed E-state index contributed by atoms with van der Waals surface area (Å²) in [7, 11) is 0. The molecule has 0 fully saturated rings. The van der Waals surface area contributed by atoms with Crippen molar-refractivity contribution in [1.82, 2.24) is 0 Å². The molecule has 9 rings (SSSR count). The van der Waals surface area contributed by atoms with Gasteiger partial charge in [0, 0.05) is 34.9 Å². The van der Waals surface area contributed by atoms with Gasteiger partial charge in [0.25, 0.3) is 0 Å². The van der Waals surface area contributed by atoms with E-state index < -0.39 is 0 Å². The maximum Gasteiger partial charge on any atom is 0.153 e. The smallest absolute Gasteiger partial charge is 0.153 e. The van der Waals surface area contributed by atoms with Gasteiger partial charge in [0.1, 0.15) is 11.3 Å². The van der Waals surface area contributed by atoms with Crippen molar-refractivity contribution < 1.29 is 4.42 Å². The van der Waals surface area contributed by atoms with Crippen LogP contribution in [0, 0.1) is 5.92 Å². The van der Waals surface area contributed by atoms with E-state index >= 15 is 0 Å². The van der Waals surface area contributed by atoms with Crippen LogP contribution in [0.4, 0.5) is 5.69 Å². The van der Waals surface area contributed by atoms with Gasteiger partial charge in [-0.05, 0) is 87.9 Å². The van der Waals surface area contributed by atoms with Crippen molar-refractivity contribution in [3.05, 3.63) is 173 Å². The lowest BCUT2D eigenvalue weighted by atomic mass is 9.79. The molecule has 1 heterocycles. The van der Waals surface area contributed by atoms with E-state index in [0.717, 1.165) is 40.6 Å². The minimum absolute atomic E-state index is 0.287. The Labute approximate surface area is 270 Å². The standard InChI is InChI=1S/C44H35NO/c1-3-38-43(45-4-2)37-20-12-19-30(44(37)46-38)27-21-23-29(24-22-27)39-33-17-10-11-18-34(33)41-36(39)26-25-35-31-15-8-9-16-32(31)40(42(35)41)28-13-6-5-7-14-28/h3-7,9-14,16-26,33-34,39-40H,1,8,15H2,2H3. The maximum absolute atomic E-state index is 6.31. The first kappa shape index (κ1) is 27.1. The third-order valence-electron chi connectivity index (χ3n) is 10.6. The number of hydrogen-bond donors (Lipinski definition) is 0. The minimum atomic E-state index is 0.287. The van der Waals surface area contributed by atoms with Crippen molar-refractivity contribution in [2.45, 2.75) is 37.5 Å². The van der Waals surface area contributed by atoms with Crippen molar-refractivity contribution in [2.24, 2.45) is 10.9 Å². The zero-order chi connectivity index (χ0) is 30.8. The van der Waals surface area contributed by atoms with Crippen molar-refractivity contribution in [2.75, 3.05) is 0 Å². The van der Waals surface area contributed by atoms with Crippen LogP contribution < -0.4 is 0 Å². The lowest BCUT2D eigenvalue weighted by Gasteiger charge is -2.24. The van der Waals surface area contributed by atoms with E-state index in [1.54, 1.807) is 29.0 Å². The Hall–Kier alpha value is -5.21. The second-order valence-corrected chi connectivity index (χ2v) is 12.8. The van der Waals surface area contributed by atoms with Gasteiger partial charge in [-0.15, -0.1) is 0 Å². The lowest BCUT2D eigenvalue weighted by Crippen LogP contribution is -2.12. The molecule has 46 heavy (non-hydrogen) atoms. The molecular formula is C44H35NO. The summed E-state index contributed by atoms with van der Waals surface area (Å²) < 4.78 is 6.31. The average Bonchev–Trinajstić information content (AvgIpc) is 3.76. The summed E-state index contributed by atoms with van der Waals surface area (Å²) in [5.74, 6) is 2.04. The molecule has 2 heteroatoms. The molecule has 0 bridgehead atoms. The van der Waals surface area contributed by atoms with Crippen LogP contribution in [0.15, 0.2) is 143 Å². The fourth-order valence-corrected chi connectivity index (χ4v) is 8.72. The average molecular weight is 594 g/mol. The number of benzene rings is 4. The molecule has 0 spiro atoms. The van der Waals surface area contributed by atoms with E-state index in [4.69, 9.17) is 4.42 Å². The quantitative estimate of drug-likeness (QED) is 0.186. The number of furan rings is 1. The second-order valence-electron chi connectivity index (χ2n) is 12.8. The van der Waals surface area contributed by atoms with E-state index in [-0.39, 0.29) is 5.92 Å². The number of rotatable bonds is 5. The lowest BCUT2D eigenvalue weighted by molar-refractivity contribution is 0.566. The summed E-state index contributed by atoms with van der Waals surface area (Å²) in [4.78, 5) is 4.59. The molecule has 2 nitrogen and oxygen atoms in total. The summed E-state index contributed by atoms with van der Waals surface area (Å²) in [5, 5.41) is 1.01. The third-order valence-corrected chi connectivity index (χ3v) is 10.6. The molecule has 4 aliphatic carbocycles. The molecule has 0 saturated carbocycles. The molecule has 4 aromatic carbocycles. The topological polar surface area (TPSA) is 25.5 Å². The maximum atomic E-state index is 6.31. The number of allylic oxidation sites excluding steroid dienone is 8. The zero-order valence-electron chi connectivity index (χ0n) is 26.0. The molecule has 5 aromatic rings. The summed E-state index contributed by atoms with van der Waals surface area (Å²) >= 11 is 0. The molecular weight excluding hydrogens is 558 g/mol. The molecule has 0 saturated heterocycles. The molecule has 0 aliphatic heterocycles. The van der Waals surface area contributed by atoms with E-state index in [1.165, 1.54) is 27.8 Å². The number of nitrogens with zero attached hydrogens (tertiary/aromatic N) is 1. The van der Waals surface area contributed by atoms with E-state index in [1.807, 2.05) is 6.92 Å². The van der Waals surface area contributed by atoms with Gasteiger partial charge in [-0.2, -0.15) is 0 Å². The van der Waals surface area contributed by atoms with Gasteiger partial charge in [0.05, 0.1) is 0 Å². The Morgan fingerprint density at radius 2 is 1.67 bits per heavy atom. The summed E-state index contributed by atoms with van der Waals surface area (Å²) in [6, 6.07) is 31.6. The Kier molecular flexibility index (Phi) is 6.31. The molecule has 4 atom stereocenters. The van der Waals surface area contributed by atoms with Gasteiger partial charge < -0.3 is 4.42 Å². The fraction of sp³-hybridized carbons (Fsp3) is 0.159. The van der Waals surface area contributed by atoms with E-state index in [9.17, 15) is 0 Å². The molecule has 1 aromatic heterocycles. The van der Waals surface area contributed by atoms with Crippen LogP contribution in [0.3, 0.4) is 0 Å². The van der Waals surface area contributed by atoms with Crippen molar-refractivity contribution >= 4 is 34.5 Å². The first-order valence-corrected chi connectivity index (χ1v) is 16.5. The Morgan fingerprint density at radius 1 is 0.826 bits per heavy atom. The van der Waals surface area contributed by atoms with E-state index in [2.05, 4.69) is 133 Å². The van der Waals surface area contributed by atoms with Gasteiger partial charge >= 0.3 is 0 Å². The minimum Gasteiger partial charge on any atom is -0.454 e. The number of fused-ring (bicyclic) bond motifs is 7. The number of aliphatic imine (C=N–C) groups is 1. The first-order valence-electron chi connectivity index (χ1n) is 16.5. The summed E-state index contributed by atoms with van der Waals surface area (Å²) in [6.45, 7) is 5.88. The highest BCUT2D eigenvalue weighted by molar-refractivity contribution is 6.02. The highest BCUT2D eigenvalue weighted by atomic mass is 16.3. The van der Waals surface area contributed by atoms with Gasteiger partial charge in [-0.3, -0.25) is 4.99 Å². The largest absolute Gasteiger partial charge is 0.454 e. The highest BCUT2D eigenvalue weighted by Crippen LogP contribution is 2.59. The molecule has 222 valence electrons. The van der Waals surface area contributed by atoms with Gasteiger partial charge in [-0.25, -0.2) is 0 Å². The van der Waals surface area contributed by atoms with Crippen molar-refractivity contribution in [3.8, 4) is 11.1 Å². The van der Waals surface area contributed by atoms with Gasteiger partial charge in [0.2, 0.25) is 0 Å². The van der Waals surface area contributed by atoms with Crippen LogP contribution >= 0.6 is 0 Å². The van der Waals surface area contributed by atoms with Crippen LogP contribution in [0.1, 0.15) is 76.7 Å². The SMILES string of the molecule is C=Cc1oc2c(-c3ccc(C4c5ccc6c(c5C5C=CC=CC54)C(c4ccccc4)C4=C6CCC=C4)cc3)cccc2c1N=CC. The Balaban J connectivity index is 1.17. The Bertz CT molecular complexity index is 2180. The molecule has 0 radical (unpaired) electrons. The predicted octanol–water partition coefficient (Wildman–Crippen LogP) is 11.7. The monoisotopic (exact) mass is 593 g/mol. The number of hydrogen-bond acceptors (Lipinski definition) is 2. The normalized spacial score (nSPS) is 22.4. The van der Waals surface area contributed by atoms with Crippen molar-refractivity contribution in [3.63, 3.8) is 0 Å². The first-order chi connectivity index (χ1) is 22.8. The van der Waals surface area contributed by atoms with E-state index in [0.29, 0.717) is 23.5 Å². The van der Waals surface area contributed by atoms with Crippen LogP contribution in [0.5, 0.6) is 0 Å². The summed E-state index contributed by atoms with van der Waals surface area (Å²) in [6.07, 6.45) is 20.0. The highest BCUT2D eigenvalue weighted by Gasteiger charge is 2.45. The van der Waals surface area contributed by atoms with Gasteiger partial charge in [0.15, 0.2) is 5.76 Å². The van der Waals surface area contributed by atoms with Crippen LogP contribution in [0.25, 0.3) is 33.7 Å². The Morgan fingerprint density at radius 3 is 2.50 bits per heavy atom. The fourth-order valence-electron chi connectivity index (χ4n) is 8.72. The number of para-hydroxylation sites is 1. The van der Waals surface area contributed by atoms with Gasteiger partial charge in [-0.1, -0.05) is 122 Å². The molecule has 4 aliphatic rings. The predicted molar refractivity (Wildman–Crippen MR) is 192 cm³/mol. The van der Waals surface area contributed by atoms with Crippen LogP contribution in [-0.2, 0) is 0 Å². The summed E-state index contributed by atoms with van der Waals surface area (Å²) in [5.41, 5.74) is 15.8. The van der Waals surface area contributed by atoms with Crippen molar-refractivity contribution in [1.29, 1.82) is 0 Å². The second kappa shape index (κ2) is 10.7. The molecule has 0 N–H and O–H groups in total.